The van der Waals surface area contributed by atoms with Gasteiger partial charge in [-0.15, -0.1) is 0 Å². The highest BCUT2D eigenvalue weighted by Crippen LogP contribution is 2.26. The number of rotatable bonds is 5. The van der Waals surface area contributed by atoms with Crippen molar-refractivity contribution in [2.45, 2.75) is 26.2 Å². The number of hydrogen-bond acceptors (Lipinski definition) is 2. The minimum Gasteiger partial charge on any atom is -0.355 e. The van der Waals surface area contributed by atoms with E-state index >= 15 is 0 Å². The van der Waals surface area contributed by atoms with E-state index in [9.17, 15) is 9.59 Å². The SMILES string of the molecule is CCCCNC(=O)[C@H]1CCN(c2ccc(Cl)cc2)C1=O. The Morgan fingerprint density at radius 2 is 2.10 bits per heavy atom. The molecule has 0 aliphatic carbocycles. The standard InChI is InChI=1S/C15H19ClN2O2/c1-2-3-9-17-14(19)13-8-10-18(15(13)20)12-6-4-11(16)5-7-12/h4-7,13H,2-3,8-10H2,1H3,(H,17,19)/t13-/m1/s1. The van der Waals surface area contributed by atoms with Crippen molar-refractivity contribution in [1.29, 1.82) is 0 Å². The number of halogens is 1. The van der Waals surface area contributed by atoms with Gasteiger partial charge < -0.3 is 10.2 Å². The van der Waals surface area contributed by atoms with Gasteiger partial charge in [0.15, 0.2) is 0 Å². The summed E-state index contributed by atoms with van der Waals surface area (Å²) in [7, 11) is 0. The Labute approximate surface area is 124 Å². The van der Waals surface area contributed by atoms with Crippen LogP contribution in [0.15, 0.2) is 24.3 Å². The number of anilines is 1. The van der Waals surface area contributed by atoms with E-state index in [1.54, 1.807) is 29.2 Å². The van der Waals surface area contributed by atoms with Crippen LogP contribution in [-0.2, 0) is 9.59 Å². The van der Waals surface area contributed by atoms with Crippen LogP contribution in [0.3, 0.4) is 0 Å². The van der Waals surface area contributed by atoms with Gasteiger partial charge in [-0.2, -0.15) is 0 Å². The van der Waals surface area contributed by atoms with E-state index in [2.05, 4.69) is 12.2 Å². The maximum absolute atomic E-state index is 12.3. The molecule has 0 bridgehead atoms. The third-order valence-corrected chi connectivity index (χ3v) is 3.74. The van der Waals surface area contributed by atoms with Gasteiger partial charge in [-0.25, -0.2) is 0 Å². The lowest BCUT2D eigenvalue weighted by Gasteiger charge is -2.16. The summed E-state index contributed by atoms with van der Waals surface area (Å²) >= 11 is 5.84. The third kappa shape index (κ3) is 3.31. The zero-order valence-corrected chi connectivity index (χ0v) is 12.3. The van der Waals surface area contributed by atoms with Crippen molar-refractivity contribution in [1.82, 2.24) is 5.32 Å². The molecule has 0 spiro atoms. The zero-order chi connectivity index (χ0) is 14.5. The summed E-state index contributed by atoms with van der Waals surface area (Å²) in [4.78, 5) is 25.9. The maximum atomic E-state index is 12.3. The van der Waals surface area contributed by atoms with E-state index < -0.39 is 5.92 Å². The van der Waals surface area contributed by atoms with Crippen LogP contribution in [-0.4, -0.2) is 24.9 Å². The van der Waals surface area contributed by atoms with Crippen LogP contribution in [0.25, 0.3) is 0 Å². The fraction of sp³-hybridized carbons (Fsp3) is 0.467. The molecule has 1 aromatic carbocycles. The smallest absolute Gasteiger partial charge is 0.239 e. The van der Waals surface area contributed by atoms with Gasteiger partial charge in [-0.3, -0.25) is 9.59 Å². The predicted molar refractivity (Wildman–Crippen MR) is 79.8 cm³/mol. The Kier molecular flexibility index (Phi) is 5.01. The summed E-state index contributed by atoms with van der Waals surface area (Å²) in [5, 5.41) is 3.46. The molecule has 1 saturated heterocycles. The molecule has 0 unspecified atom stereocenters. The van der Waals surface area contributed by atoms with Crippen LogP contribution in [0.4, 0.5) is 5.69 Å². The van der Waals surface area contributed by atoms with Crippen LogP contribution in [0.5, 0.6) is 0 Å². The van der Waals surface area contributed by atoms with E-state index in [0.717, 1.165) is 18.5 Å². The Balaban J connectivity index is 1.98. The van der Waals surface area contributed by atoms with Gasteiger partial charge in [0.05, 0.1) is 0 Å². The number of hydrogen-bond donors (Lipinski definition) is 1. The average Bonchev–Trinajstić information content (AvgIpc) is 2.82. The molecule has 1 aliphatic rings. The lowest BCUT2D eigenvalue weighted by atomic mass is 10.1. The van der Waals surface area contributed by atoms with E-state index in [0.29, 0.717) is 24.5 Å². The molecule has 0 saturated carbocycles. The number of nitrogens with one attached hydrogen (secondary N) is 1. The summed E-state index contributed by atoms with van der Waals surface area (Å²) in [5.74, 6) is -0.830. The molecule has 0 radical (unpaired) electrons. The van der Waals surface area contributed by atoms with Crippen LogP contribution < -0.4 is 10.2 Å². The van der Waals surface area contributed by atoms with Gasteiger partial charge in [0.1, 0.15) is 5.92 Å². The van der Waals surface area contributed by atoms with Crippen LogP contribution in [0.1, 0.15) is 26.2 Å². The van der Waals surface area contributed by atoms with Crippen molar-refractivity contribution >= 4 is 29.1 Å². The highest BCUT2D eigenvalue weighted by Gasteiger charge is 2.37. The number of nitrogens with zero attached hydrogens (tertiary/aromatic N) is 1. The van der Waals surface area contributed by atoms with E-state index in [1.807, 2.05) is 0 Å². The molecule has 1 aromatic rings. The van der Waals surface area contributed by atoms with Gasteiger partial charge in [0, 0.05) is 23.8 Å². The number of unbranched alkanes of at least 4 members (excludes halogenated alkanes) is 1. The molecule has 2 rings (SSSR count). The second kappa shape index (κ2) is 6.75. The first kappa shape index (κ1) is 14.9. The van der Waals surface area contributed by atoms with Crippen molar-refractivity contribution in [3.05, 3.63) is 29.3 Å². The fourth-order valence-electron chi connectivity index (χ4n) is 2.31. The van der Waals surface area contributed by atoms with Gasteiger partial charge in [-0.1, -0.05) is 24.9 Å². The molecule has 108 valence electrons. The summed E-state index contributed by atoms with van der Waals surface area (Å²) < 4.78 is 0. The molecule has 2 amide bonds. The zero-order valence-electron chi connectivity index (χ0n) is 11.6. The topological polar surface area (TPSA) is 49.4 Å². The third-order valence-electron chi connectivity index (χ3n) is 3.49. The molecule has 0 aromatic heterocycles. The summed E-state index contributed by atoms with van der Waals surface area (Å²) in [6.45, 7) is 3.28. The van der Waals surface area contributed by atoms with Gasteiger partial charge in [-0.05, 0) is 37.1 Å². The molecule has 20 heavy (non-hydrogen) atoms. The molecular weight excluding hydrogens is 276 g/mol. The number of benzene rings is 1. The Hall–Kier alpha value is -1.55. The molecule has 5 heteroatoms. The van der Waals surface area contributed by atoms with Crippen molar-refractivity contribution < 1.29 is 9.59 Å². The maximum Gasteiger partial charge on any atom is 0.239 e. The molecule has 4 nitrogen and oxygen atoms in total. The predicted octanol–water partition coefficient (Wildman–Crippen LogP) is 2.61. The first-order chi connectivity index (χ1) is 9.63. The second-order valence-corrected chi connectivity index (χ2v) is 5.39. The fourth-order valence-corrected chi connectivity index (χ4v) is 2.44. The molecule has 1 aliphatic heterocycles. The Morgan fingerprint density at radius 3 is 2.75 bits per heavy atom. The van der Waals surface area contributed by atoms with E-state index in [1.165, 1.54) is 0 Å². The van der Waals surface area contributed by atoms with Crippen molar-refractivity contribution in [3.8, 4) is 0 Å². The van der Waals surface area contributed by atoms with Gasteiger partial charge in [0.2, 0.25) is 11.8 Å². The Bertz CT molecular complexity index is 487. The van der Waals surface area contributed by atoms with E-state index in [-0.39, 0.29) is 11.8 Å². The number of carbonyl (C=O) groups is 2. The quantitative estimate of drug-likeness (QED) is 0.670. The number of carbonyl (C=O) groups excluding carboxylic acids is 2. The minimum atomic E-state index is -0.553. The van der Waals surface area contributed by atoms with Gasteiger partial charge >= 0.3 is 0 Å². The normalized spacial score (nSPS) is 18.4. The average molecular weight is 295 g/mol. The first-order valence-electron chi connectivity index (χ1n) is 6.98. The lowest BCUT2D eigenvalue weighted by molar-refractivity contribution is -0.132. The molecule has 1 fully saturated rings. The molecular formula is C15H19ClN2O2. The monoisotopic (exact) mass is 294 g/mol. The largest absolute Gasteiger partial charge is 0.355 e. The molecule has 1 atom stereocenters. The van der Waals surface area contributed by atoms with Gasteiger partial charge in [0.25, 0.3) is 0 Å². The van der Waals surface area contributed by atoms with Crippen LogP contribution >= 0.6 is 11.6 Å². The summed E-state index contributed by atoms with van der Waals surface area (Å²) in [6.07, 6.45) is 2.53. The first-order valence-corrected chi connectivity index (χ1v) is 7.36. The van der Waals surface area contributed by atoms with Crippen molar-refractivity contribution in [2.24, 2.45) is 5.92 Å². The number of amides is 2. The van der Waals surface area contributed by atoms with Crippen LogP contribution in [0.2, 0.25) is 5.02 Å². The van der Waals surface area contributed by atoms with Crippen molar-refractivity contribution in [3.63, 3.8) is 0 Å². The highest BCUT2D eigenvalue weighted by molar-refractivity contribution is 6.30. The molecule has 1 heterocycles. The molecule has 1 N–H and O–H groups in total. The highest BCUT2D eigenvalue weighted by atomic mass is 35.5. The van der Waals surface area contributed by atoms with E-state index in [4.69, 9.17) is 11.6 Å². The lowest BCUT2D eigenvalue weighted by Crippen LogP contribution is -2.37. The minimum absolute atomic E-state index is 0.124. The summed E-state index contributed by atoms with van der Waals surface area (Å²) in [6, 6.07) is 7.10. The Morgan fingerprint density at radius 1 is 1.40 bits per heavy atom. The van der Waals surface area contributed by atoms with Crippen molar-refractivity contribution in [2.75, 3.05) is 18.0 Å². The van der Waals surface area contributed by atoms with Crippen LogP contribution in [0, 0.1) is 5.92 Å². The summed E-state index contributed by atoms with van der Waals surface area (Å²) in [5.41, 5.74) is 0.795. The second-order valence-electron chi connectivity index (χ2n) is 4.95.